The summed E-state index contributed by atoms with van der Waals surface area (Å²) in [5.41, 5.74) is -1.19. The summed E-state index contributed by atoms with van der Waals surface area (Å²) in [4.78, 5) is 21.1. The number of carbonyl (C=O) groups excluding carboxylic acids is 1. The summed E-state index contributed by atoms with van der Waals surface area (Å²) in [5.74, 6) is 1.18. The van der Waals surface area contributed by atoms with E-state index >= 15 is 0 Å². The van der Waals surface area contributed by atoms with Crippen molar-refractivity contribution in [2.24, 2.45) is 0 Å². The highest BCUT2D eigenvalue weighted by molar-refractivity contribution is 7.99. The quantitative estimate of drug-likeness (QED) is 0.0802. The summed E-state index contributed by atoms with van der Waals surface area (Å²) in [6.45, 7) is 8.71. The Hall–Kier alpha value is -0.0700. The maximum absolute atomic E-state index is 11.8. The van der Waals surface area contributed by atoms with E-state index in [0.29, 0.717) is 18.3 Å². The third-order valence-corrected chi connectivity index (χ3v) is 9.07. The molecule has 0 aliphatic carbocycles. The van der Waals surface area contributed by atoms with Crippen LogP contribution in [0.3, 0.4) is 0 Å². The SMILES string of the molecule is CCCCCCCCCCCCSC(CCCCCCC)C(C)OCCCOP(=O)(O)C(=O)OCC. The van der Waals surface area contributed by atoms with Crippen LogP contribution in [-0.4, -0.2) is 47.5 Å². The Bertz CT molecular complexity index is 548. The molecule has 0 aliphatic heterocycles. The molecule has 0 saturated heterocycles. The smallest absolute Gasteiger partial charge is 0.435 e. The molecule has 8 heteroatoms. The van der Waals surface area contributed by atoms with Crippen LogP contribution in [0.15, 0.2) is 0 Å². The lowest BCUT2D eigenvalue weighted by atomic mass is 10.1. The fourth-order valence-corrected chi connectivity index (χ4v) is 6.24. The van der Waals surface area contributed by atoms with Crippen molar-refractivity contribution in [3.63, 3.8) is 0 Å². The summed E-state index contributed by atoms with van der Waals surface area (Å²) in [6.07, 6.45) is 21.7. The predicted octanol–water partition coefficient (Wildman–Crippen LogP) is 9.52. The van der Waals surface area contributed by atoms with Gasteiger partial charge in [0, 0.05) is 11.9 Å². The maximum atomic E-state index is 11.8. The molecule has 0 saturated carbocycles. The van der Waals surface area contributed by atoms with Gasteiger partial charge in [0.15, 0.2) is 0 Å². The van der Waals surface area contributed by atoms with Crippen LogP contribution >= 0.6 is 19.4 Å². The third-order valence-electron chi connectivity index (χ3n) is 6.38. The van der Waals surface area contributed by atoms with Crippen molar-refractivity contribution in [1.82, 2.24) is 0 Å². The molecule has 0 rings (SSSR count). The minimum Gasteiger partial charge on any atom is -0.457 e. The summed E-state index contributed by atoms with van der Waals surface area (Å²) in [5, 5.41) is 0.467. The summed E-state index contributed by atoms with van der Waals surface area (Å²) < 4.78 is 27.3. The van der Waals surface area contributed by atoms with Crippen molar-refractivity contribution in [3.8, 4) is 0 Å². The van der Waals surface area contributed by atoms with E-state index in [1.54, 1.807) is 6.92 Å². The van der Waals surface area contributed by atoms with E-state index in [9.17, 15) is 14.3 Å². The predicted molar refractivity (Wildman–Crippen MR) is 154 cm³/mol. The van der Waals surface area contributed by atoms with Crippen molar-refractivity contribution in [2.75, 3.05) is 25.6 Å². The second-order valence-corrected chi connectivity index (χ2v) is 12.8. The molecule has 0 aliphatic rings. The van der Waals surface area contributed by atoms with E-state index in [1.807, 2.05) is 11.8 Å². The first-order valence-corrected chi connectivity index (χ1v) is 17.4. The second kappa shape index (κ2) is 25.2. The van der Waals surface area contributed by atoms with E-state index in [2.05, 4.69) is 25.5 Å². The molecule has 0 amide bonds. The van der Waals surface area contributed by atoms with E-state index in [-0.39, 0.29) is 19.3 Å². The van der Waals surface area contributed by atoms with E-state index in [1.165, 1.54) is 108 Å². The topological polar surface area (TPSA) is 82.1 Å². The Kier molecular flexibility index (Phi) is 25.2. The number of hydrogen-bond donors (Lipinski definition) is 1. The average Bonchev–Trinajstić information content (AvgIpc) is 2.85. The normalized spacial score (nSPS) is 14.9. The molecular formula is C28H57O6PS. The highest BCUT2D eigenvalue weighted by Crippen LogP contribution is 2.44. The number of hydrogen-bond acceptors (Lipinski definition) is 6. The van der Waals surface area contributed by atoms with Crippen molar-refractivity contribution in [1.29, 1.82) is 0 Å². The van der Waals surface area contributed by atoms with Gasteiger partial charge in [0.2, 0.25) is 0 Å². The number of thioether (sulfide) groups is 1. The van der Waals surface area contributed by atoms with Gasteiger partial charge in [-0.25, -0.2) is 9.36 Å². The van der Waals surface area contributed by atoms with Crippen LogP contribution < -0.4 is 0 Å². The van der Waals surface area contributed by atoms with Gasteiger partial charge in [-0.15, -0.1) is 0 Å². The zero-order chi connectivity index (χ0) is 26.9. The lowest BCUT2D eigenvalue weighted by Gasteiger charge is -2.24. The van der Waals surface area contributed by atoms with Crippen LogP contribution in [0.25, 0.3) is 0 Å². The molecule has 0 bridgehead atoms. The summed E-state index contributed by atoms with van der Waals surface area (Å²) in [7, 11) is -4.36. The number of unbranched alkanes of at least 4 members (excludes halogenated alkanes) is 13. The zero-order valence-electron chi connectivity index (χ0n) is 23.8. The van der Waals surface area contributed by atoms with Crippen molar-refractivity contribution >= 4 is 25.1 Å². The van der Waals surface area contributed by atoms with Crippen molar-refractivity contribution in [3.05, 3.63) is 0 Å². The van der Waals surface area contributed by atoms with Gasteiger partial charge in [-0.2, -0.15) is 11.8 Å². The van der Waals surface area contributed by atoms with E-state index in [4.69, 9.17) is 9.26 Å². The Labute approximate surface area is 226 Å². The molecule has 0 aromatic rings. The lowest BCUT2D eigenvalue weighted by Crippen LogP contribution is -2.25. The first kappa shape index (κ1) is 35.9. The summed E-state index contributed by atoms with van der Waals surface area (Å²) >= 11 is 2.05. The van der Waals surface area contributed by atoms with Gasteiger partial charge < -0.3 is 18.9 Å². The molecule has 216 valence electrons. The van der Waals surface area contributed by atoms with Crippen LogP contribution in [0.5, 0.6) is 0 Å². The Morgan fingerprint density at radius 1 is 0.778 bits per heavy atom. The molecule has 3 atom stereocenters. The van der Waals surface area contributed by atoms with Gasteiger partial charge in [-0.05, 0) is 38.9 Å². The van der Waals surface area contributed by atoms with Crippen LogP contribution in [0.2, 0.25) is 0 Å². The molecule has 0 radical (unpaired) electrons. The molecular weight excluding hydrogens is 495 g/mol. The minimum atomic E-state index is -4.36. The molecule has 6 nitrogen and oxygen atoms in total. The van der Waals surface area contributed by atoms with Gasteiger partial charge >= 0.3 is 13.3 Å². The molecule has 0 aromatic heterocycles. The number of carbonyl (C=O) groups is 1. The maximum Gasteiger partial charge on any atom is 0.435 e. The molecule has 0 heterocycles. The fourth-order valence-electron chi connectivity index (χ4n) is 4.11. The lowest BCUT2D eigenvalue weighted by molar-refractivity contribution is 0.0535. The number of rotatable bonds is 27. The van der Waals surface area contributed by atoms with E-state index < -0.39 is 13.3 Å². The van der Waals surface area contributed by atoms with Crippen LogP contribution in [0.1, 0.15) is 137 Å². The molecule has 0 spiro atoms. The van der Waals surface area contributed by atoms with Gasteiger partial charge in [0.1, 0.15) is 0 Å². The zero-order valence-corrected chi connectivity index (χ0v) is 25.6. The number of ether oxygens (including phenoxy) is 2. The highest BCUT2D eigenvalue weighted by Gasteiger charge is 2.32. The Morgan fingerprint density at radius 2 is 1.31 bits per heavy atom. The van der Waals surface area contributed by atoms with Gasteiger partial charge in [0.05, 0.1) is 19.3 Å². The van der Waals surface area contributed by atoms with Gasteiger partial charge in [0.25, 0.3) is 0 Å². The van der Waals surface area contributed by atoms with Gasteiger partial charge in [-0.1, -0.05) is 104 Å². The molecule has 0 fully saturated rings. The van der Waals surface area contributed by atoms with Crippen molar-refractivity contribution in [2.45, 2.75) is 148 Å². The largest absolute Gasteiger partial charge is 0.457 e. The Morgan fingerprint density at radius 3 is 1.86 bits per heavy atom. The van der Waals surface area contributed by atoms with Crippen LogP contribution in [0.4, 0.5) is 4.79 Å². The first-order chi connectivity index (χ1) is 17.4. The molecule has 0 aromatic carbocycles. The van der Waals surface area contributed by atoms with Crippen LogP contribution in [-0.2, 0) is 18.6 Å². The monoisotopic (exact) mass is 552 g/mol. The third kappa shape index (κ3) is 20.9. The average molecular weight is 553 g/mol. The second-order valence-electron chi connectivity index (χ2n) is 9.78. The van der Waals surface area contributed by atoms with Crippen LogP contribution in [0, 0.1) is 0 Å². The minimum absolute atomic E-state index is 0.00720. The first-order valence-electron chi connectivity index (χ1n) is 14.8. The fraction of sp³-hybridized carbons (Fsp3) is 0.964. The summed E-state index contributed by atoms with van der Waals surface area (Å²) in [6, 6.07) is 0. The van der Waals surface area contributed by atoms with Gasteiger partial charge in [-0.3, -0.25) is 0 Å². The molecule has 3 unspecified atom stereocenters. The standard InChI is InChI=1S/C28H57O6PS/c1-5-8-10-12-13-14-15-16-18-20-25-36-27(22-19-17-11-9-6-2)26(4)33-23-21-24-34-35(30,31)28(29)32-7-3/h26-27H,5-25H2,1-4H3,(H,30,31). The Balaban J connectivity index is 4.18. The molecule has 36 heavy (non-hydrogen) atoms. The van der Waals surface area contributed by atoms with E-state index in [0.717, 1.165) is 0 Å². The van der Waals surface area contributed by atoms with Crippen molar-refractivity contribution < 1.29 is 28.3 Å². The highest BCUT2D eigenvalue weighted by atomic mass is 32.2. The molecule has 1 N–H and O–H groups in total.